The Morgan fingerprint density at radius 2 is 1.71 bits per heavy atom. The predicted molar refractivity (Wildman–Crippen MR) is 186 cm³/mol. The van der Waals surface area contributed by atoms with Crippen molar-refractivity contribution in [2.24, 2.45) is 5.92 Å². The number of alkyl carbamates (subject to hydrolysis) is 1. The number of aromatic nitrogens is 4. The first-order chi connectivity index (χ1) is 23.3. The Labute approximate surface area is 282 Å². The van der Waals surface area contributed by atoms with Gasteiger partial charge in [0.1, 0.15) is 23.4 Å². The molecule has 2 aliphatic rings. The Kier molecular flexibility index (Phi) is 9.96. The van der Waals surface area contributed by atoms with Crippen molar-refractivity contribution in [2.45, 2.75) is 77.3 Å². The van der Waals surface area contributed by atoms with Crippen molar-refractivity contribution < 1.29 is 14.3 Å². The van der Waals surface area contributed by atoms with Crippen LogP contribution >= 0.6 is 0 Å². The van der Waals surface area contributed by atoms with Crippen LogP contribution in [0.1, 0.15) is 92.8 Å². The molecule has 246 valence electrons. The van der Waals surface area contributed by atoms with Crippen LogP contribution in [-0.4, -0.2) is 56.5 Å². The van der Waals surface area contributed by atoms with Crippen molar-refractivity contribution in [1.82, 2.24) is 30.2 Å². The summed E-state index contributed by atoms with van der Waals surface area (Å²) in [6.07, 6.45) is 9.54. The van der Waals surface area contributed by atoms with E-state index in [0.717, 1.165) is 63.7 Å². The zero-order valence-electron chi connectivity index (χ0n) is 28.0. The molecule has 2 amide bonds. The third kappa shape index (κ3) is 7.16. The molecule has 1 saturated carbocycles. The number of H-pyrrole nitrogens is 2. The zero-order chi connectivity index (χ0) is 33.6. The molecule has 2 aromatic heterocycles. The molecule has 1 aliphatic heterocycles. The Bertz CT molecular complexity index is 1910. The molecule has 2 atom stereocenters. The number of imidazole rings is 2. The second-order valence-electron chi connectivity index (χ2n) is 13.0. The number of likely N-dealkylation sites (tertiary alicyclic amines) is 1. The zero-order valence-corrected chi connectivity index (χ0v) is 28.0. The van der Waals surface area contributed by atoms with Crippen LogP contribution in [-0.2, 0) is 9.53 Å². The predicted octanol–water partition coefficient (Wildman–Crippen LogP) is 6.88. The van der Waals surface area contributed by atoms with E-state index in [9.17, 15) is 9.59 Å². The normalized spacial score (nSPS) is 16.6. The molecule has 2 aromatic carbocycles. The smallest absolute Gasteiger partial charge is 0.407 e. The van der Waals surface area contributed by atoms with E-state index in [1.54, 1.807) is 6.20 Å². The number of hydrogen-bond acceptors (Lipinski definition) is 5. The van der Waals surface area contributed by atoms with Crippen molar-refractivity contribution >= 4 is 12.0 Å². The van der Waals surface area contributed by atoms with Gasteiger partial charge in [0, 0.05) is 23.6 Å². The number of rotatable bonds is 7. The number of carbonyl (C=O) groups is 2. The summed E-state index contributed by atoms with van der Waals surface area (Å²) in [7, 11) is 1.30. The molecule has 9 heteroatoms. The second-order valence-corrected chi connectivity index (χ2v) is 13.0. The van der Waals surface area contributed by atoms with E-state index in [1.807, 2.05) is 49.2 Å². The summed E-state index contributed by atoms with van der Waals surface area (Å²) in [4.78, 5) is 43.5. The van der Waals surface area contributed by atoms with Gasteiger partial charge in [0.2, 0.25) is 5.91 Å². The number of carbonyl (C=O) groups excluding carboxylic acids is 2. The molecule has 1 aliphatic carbocycles. The van der Waals surface area contributed by atoms with Gasteiger partial charge in [0.25, 0.3) is 0 Å². The molecule has 0 bridgehead atoms. The lowest BCUT2D eigenvalue weighted by Crippen LogP contribution is -2.51. The Morgan fingerprint density at radius 3 is 2.48 bits per heavy atom. The Morgan fingerprint density at radius 1 is 0.938 bits per heavy atom. The Balaban J connectivity index is 1.25. The molecule has 3 heterocycles. The number of ether oxygens (including phenoxy) is 1. The van der Waals surface area contributed by atoms with Crippen molar-refractivity contribution in [3.05, 3.63) is 83.3 Å². The van der Waals surface area contributed by atoms with Crippen LogP contribution in [0.4, 0.5) is 4.79 Å². The first-order valence-corrected chi connectivity index (χ1v) is 16.8. The molecule has 0 radical (unpaired) electrons. The molecule has 6 rings (SSSR count). The van der Waals surface area contributed by atoms with Gasteiger partial charge in [-0.25, -0.2) is 14.8 Å². The van der Waals surface area contributed by atoms with E-state index in [4.69, 9.17) is 9.72 Å². The first-order valence-electron chi connectivity index (χ1n) is 16.8. The van der Waals surface area contributed by atoms with Gasteiger partial charge in [-0.3, -0.25) is 4.79 Å². The van der Waals surface area contributed by atoms with Crippen LogP contribution in [0.3, 0.4) is 0 Å². The molecule has 0 spiro atoms. The first kappa shape index (κ1) is 32.7. The van der Waals surface area contributed by atoms with Gasteiger partial charge in [-0.2, -0.15) is 0 Å². The Hall–Kier alpha value is -5.28. The third-order valence-corrected chi connectivity index (χ3v) is 9.40. The largest absolute Gasteiger partial charge is 0.453 e. The number of hydrogen-bond donors (Lipinski definition) is 3. The summed E-state index contributed by atoms with van der Waals surface area (Å²) in [6.45, 7) is 6.51. The van der Waals surface area contributed by atoms with E-state index >= 15 is 0 Å². The van der Waals surface area contributed by atoms with Gasteiger partial charge in [-0.15, -0.1) is 0 Å². The fourth-order valence-corrected chi connectivity index (χ4v) is 6.77. The van der Waals surface area contributed by atoms with Crippen molar-refractivity contribution in [1.29, 1.82) is 0 Å². The van der Waals surface area contributed by atoms with E-state index < -0.39 is 12.1 Å². The SMILES string of the molecule is COC(=O)N[C@H](C(=O)N1CCC[C@H]1c1ncc(-c2ccc(C#CC#Cc3cnc(C4CCCC4)[nH]3)c(-c3ccccc3C)c2)[nH]1)C(C)C. The number of amides is 2. The maximum atomic E-state index is 13.6. The fourth-order valence-electron chi connectivity index (χ4n) is 6.77. The van der Waals surface area contributed by atoms with Gasteiger partial charge in [0.15, 0.2) is 0 Å². The highest BCUT2D eigenvalue weighted by molar-refractivity contribution is 5.86. The van der Waals surface area contributed by atoms with Gasteiger partial charge in [-0.05, 0) is 85.1 Å². The standard InChI is InChI=1S/C39H42N6O3/c1-25(2)35(44-39(47)48-4)38(46)45-21-11-18-34(45)37-41-24-33(43-37)29-20-19-27(32(22-29)31-17-10-5-12-26(31)3)13-8-9-16-30-23-40-36(42-30)28-14-6-7-15-28/h5,10,12,17,19-20,22-25,28,34-35H,6-7,11,14-15,18,21H2,1-4H3,(H,40,42)(H,41,43)(H,44,47)/t34-,35-/m0/s1. The summed E-state index contributed by atoms with van der Waals surface area (Å²) in [5.41, 5.74) is 6.73. The summed E-state index contributed by atoms with van der Waals surface area (Å²) in [5, 5.41) is 2.71. The van der Waals surface area contributed by atoms with Gasteiger partial charge in [0.05, 0.1) is 31.2 Å². The minimum atomic E-state index is -0.684. The molecule has 1 saturated heterocycles. The maximum Gasteiger partial charge on any atom is 0.407 e. The number of aryl methyl sites for hydroxylation is 1. The minimum absolute atomic E-state index is 0.0996. The molecular formula is C39H42N6O3. The van der Waals surface area contributed by atoms with Crippen LogP contribution in [0.15, 0.2) is 54.9 Å². The number of methoxy groups -OCH3 is 1. The third-order valence-electron chi connectivity index (χ3n) is 9.40. The molecular weight excluding hydrogens is 600 g/mol. The summed E-state index contributed by atoms with van der Waals surface area (Å²) in [5.74, 6) is 14.5. The fraction of sp³-hybridized carbons (Fsp3) is 0.385. The molecule has 3 N–H and O–H groups in total. The van der Waals surface area contributed by atoms with E-state index in [0.29, 0.717) is 12.5 Å². The second kappa shape index (κ2) is 14.6. The van der Waals surface area contributed by atoms with Crippen molar-refractivity contribution in [3.8, 4) is 46.1 Å². The van der Waals surface area contributed by atoms with E-state index in [1.165, 1.54) is 32.8 Å². The maximum absolute atomic E-state index is 13.6. The quantitative estimate of drug-likeness (QED) is 0.190. The lowest BCUT2D eigenvalue weighted by atomic mass is 9.94. The average Bonchev–Trinajstić information content (AvgIpc) is 3.92. The topological polar surface area (TPSA) is 116 Å². The van der Waals surface area contributed by atoms with Crippen molar-refractivity contribution in [2.75, 3.05) is 13.7 Å². The van der Waals surface area contributed by atoms with Crippen LogP contribution in [0.5, 0.6) is 0 Å². The van der Waals surface area contributed by atoms with E-state index in [2.05, 4.69) is 69.1 Å². The summed E-state index contributed by atoms with van der Waals surface area (Å²) >= 11 is 0. The lowest BCUT2D eigenvalue weighted by molar-refractivity contribution is -0.135. The molecule has 2 fully saturated rings. The van der Waals surface area contributed by atoms with Crippen LogP contribution in [0, 0.1) is 36.5 Å². The van der Waals surface area contributed by atoms with Gasteiger partial charge < -0.3 is 24.9 Å². The lowest BCUT2D eigenvalue weighted by Gasteiger charge is -2.30. The minimum Gasteiger partial charge on any atom is -0.453 e. The van der Waals surface area contributed by atoms with Crippen LogP contribution in [0.2, 0.25) is 0 Å². The summed E-state index contributed by atoms with van der Waals surface area (Å²) in [6, 6.07) is 13.6. The highest BCUT2D eigenvalue weighted by atomic mass is 16.5. The molecule has 48 heavy (non-hydrogen) atoms. The van der Waals surface area contributed by atoms with Gasteiger partial charge in [-0.1, -0.05) is 62.9 Å². The number of aromatic amines is 2. The molecule has 9 nitrogen and oxygen atoms in total. The monoisotopic (exact) mass is 642 g/mol. The summed E-state index contributed by atoms with van der Waals surface area (Å²) < 4.78 is 4.77. The highest BCUT2D eigenvalue weighted by Gasteiger charge is 2.37. The van der Waals surface area contributed by atoms with Crippen LogP contribution < -0.4 is 5.32 Å². The number of nitrogens with zero attached hydrogens (tertiary/aromatic N) is 3. The molecule has 0 unspecified atom stereocenters. The van der Waals surface area contributed by atoms with E-state index in [-0.39, 0.29) is 17.9 Å². The highest BCUT2D eigenvalue weighted by Crippen LogP contribution is 2.35. The van der Waals surface area contributed by atoms with Gasteiger partial charge >= 0.3 is 6.09 Å². The average molecular weight is 643 g/mol. The number of nitrogens with one attached hydrogen (secondary N) is 3. The number of benzene rings is 2. The van der Waals surface area contributed by atoms with Crippen LogP contribution in [0.25, 0.3) is 22.4 Å². The molecule has 4 aromatic rings. The van der Waals surface area contributed by atoms with Crippen molar-refractivity contribution in [3.63, 3.8) is 0 Å².